The summed E-state index contributed by atoms with van der Waals surface area (Å²) < 4.78 is 26.8. The first-order chi connectivity index (χ1) is 13.9. The number of aromatic nitrogens is 1. The van der Waals surface area contributed by atoms with E-state index in [1.165, 1.54) is 4.88 Å². The summed E-state index contributed by atoms with van der Waals surface area (Å²) in [5.41, 5.74) is 2.10. The van der Waals surface area contributed by atoms with Gasteiger partial charge in [-0.3, -0.25) is 4.99 Å². The van der Waals surface area contributed by atoms with Gasteiger partial charge >= 0.3 is 0 Å². The van der Waals surface area contributed by atoms with Crippen molar-refractivity contribution >= 4 is 51.3 Å². The van der Waals surface area contributed by atoms with Gasteiger partial charge in [0.25, 0.3) is 0 Å². The van der Waals surface area contributed by atoms with Gasteiger partial charge in [-0.2, -0.15) is 4.31 Å². The van der Waals surface area contributed by atoms with Gasteiger partial charge in [-0.25, -0.2) is 13.4 Å². The van der Waals surface area contributed by atoms with E-state index in [-0.39, 0.29) is 24.0 Å². The molecule has 0 saturated carbocycles. The Bertz CT molecular complexity index is 933. The highest BCUT2D eigenvalue weighted by atomic mass is 127. The number of guanidine groups is 1. The van der Waals surface area contributed by atoms with Crippen molar-refractivity contribution in [2.75, 3.05) is 26.7 Å². The number of nitrogens with zero attached hydrogens (tertiary/aromatic N) is 3. The van der Waals surface area contributed by atoms with Gasteiger partial charge in [0, 0.05) is 44.5 Å². The van der Waals surface area contributed by atoms with Crippen LogP contribution in [0.2, 0.25) is 0 Å². The first kappa shape index (κ1) is 25.0. The third-order valence-corrected chi connectivity index (χ3v) is 8.06. The van der Waals surface area contributed by atoms with Gasteiger partial charge in [-0.05, 0) is 44.4 Å². The minimum Gasteiger partial charge on any atom is -0.356 e. The molecule has 0 spiro atoms. The standard InChI is InChI=1S/C20H29N5O2S2.HI/c1-15-16(2)28-19(24-15)10-11-22-20(21-3)23-14-17-6-8-18(9-7-17)29(26,27)25-12-4-5-13-25;/h6-9H,4-5,10-14H2,1-3H3,(H2,21,22,23);1H. The lowest BCUT2D eigenvalue weighted by Gasteiger charge is -2.16. The van der Waals surface area contributed by atoms with E-state index in [1.807, 2.05) is 19.1 Å². The second-order valence-electron chi connectivity index (χ2n) is 7.11. The molecule has 0 atom stereocenters. The number of hydrogen-bond acceptors (Lipinski definition) is 5. The number of aliphatic imine (C=N–C) groups is 1. The number of benzene rings is 1. The third kappa shape index (κ3) is 6.38. The van der Waals surface area contributed by atoms with Crippen molar-refractivity contribution in [2.45, 2.75) is 44.6 Å². The Morgan fingerprint density at radius 3 is 2.40 bits per heavy atom. The Morgan fingerprint density at radius 1 is 1.17 bits per heavy atom. The average Bonchev–Trinajstić information content (AvgIpc) is 3.36. The molecule has 3 rings (SSSR count). The van der Waals surface area contributed by atoms with E-state index in [0.717, 1.165) is 42.1 Å². The molecule has 1 fully saturated rings. The SMILES string of the molecule is CN=C(NCCc1nc(C)c(C)s1)NCc1ccc(S(=O)(=O)N2CCCC2)cc1.I. The van der Waals surface area contributed by atoms with Crippen LogP contribution in [-0.2, 0) is 23.0 Å². The molecule has 1 saturated heterocycles. The van der Waals surface area contributed by atoms with Gasteiger partial charge < -0.3 is 10.6 Å². The van der Waals surface area contributed by atoms with Crippen molar-refractivity contribution in [3.63, 3.8) is 0 Å². The summed E-state index contributed by atoms with van der Waals surface area (Å²) in [6, 6.07) is 7.08. The molecule has 30 heavy (non-hydrogen) atoms. The van der Waals surface area contributed by atoms with Crippen LogP contribution in [0.25, 0.3) is 0 Å². The van der Waals surface area contributed by atoms with Gasteiger partial charge in [0.05, 0.1) is 15.6 Å². The number of aryl methyl sites for hydroxylation is 2. The lowest BCUT2D eigenvalue weighted by atomic mass is 10.2. The molecule has 0 unspecified atom stereocenters. The van der Waals surface area contributed by atoms with Crippen molar-refractivity contribution in [3.8, 4) is 0 Å². The molecule has 10 heteroatoms. The van der Waals surface area contributed by atoms with Gasteiger partial charge in [0.15, 0.2) is 5.96 Å². The van der Waals surface area contributed by atoms with Crippen LogP contribution in [0.4, 0.5) is 0 Å². The van der Waals surface area contributed by atoms with Crippen molar-refractivity contribution in [3.05, 3.63) is 45.4 Å². The summed E-state index contributed by atoms with van der Waals surface area (Å²) in [5.74, 6) is 0.712. The molecule has 1 aromatic heterocycles. The van der Waals surface area contributed by atoms with E-state index >= 15 is 0 Å². The quantitative estimate of drug-likeness (QED) is 0.307. The fraction of sp³-hybridized carbons (Fsp3) is 0.500. The van der Waals surface area contributed by atoms with Gasteiger partial charge in [-0.1, -0.05) is 12.1 Å². The van der Waals surface area contributed by atoms with Gasteiger partial charge in [0.2, 0.25) is 10.0 Å². The first-order valence-corrected chi connectivity index (χ1v) is 12.1. The molecule has 2 aromatic rings. The highest BCUT2D eigenvalue weighted by molar-refractivity contribution is 14.0. The molecule has 0 aliphatic carbocycles. The average molecular weight is 564 g/mol. The number of thiazole rings is 1. The second kappa shape index (κ2) is 11.4. The topological polar surface area (TPSA) is 86.7 Å². The molecule has 166 valence electrons. The van der Waals surface area contributed by atoms with Crippen LogP contribution >= 0.6 is 35.3 Å². The number of nitrogens with one attached hydrogen (secondary N) is 2. The summed E-state index contributed by atoms with van der Waals surface area (Å²) in [5, 5.41) is 7.68. The maximum Gasteiger partial charge on any atom is 0.243 e. The molecule has 0 radical (unpaired) electrons. The highest BCUT2D eigenvalue weighted by Crippen LogP contribution is 2.21. The van der Waals surface area contributed by atoms with Crippen LogP contribution in [0.5, 0.6) is 0 Å². The summed E-state index contributed by atoms with van der Waals surface area (Å²) in [6.45, 7) is 6.68. The number of halogens is 1. The Morgan fingerprint density at radius 2 is 1.83 bits per heavy atom. The minimum absolute atomic E-state index is 0. The Balaban J connectivity index is 0.00000320. The Hall–Kier alpha value is -1.24. The van der Waals surface area contributed by atoms with Crippen LogP contribution in [-0.4, -0.2) is 50.3 Å². The maximum atomic E-state index is 12.6. The molecular weight excluding hydrogens is 533 g/mol. The van der Waals surface area contributed by atoms with Crippen molar-refractivity contribution in [1.82, 2.24) is 19.9 Å². The lowest BCUT2D eigenvalue weighted by molar-refractivity contribution is 0.477. The molecule has 2 N–H and O–H groups in total. The summed E-state index contributed by atoms with van der Waals surface area (Å²) in [4.78, 5) is 10.4. The predicted molar refractivity (Wildman–Crippen MR) is 133 cm³/mol. The molecule has 7 nitrogen and oxygen atoms in total. The van der Waals surface area contributed by atoms with E-state index in [9.17, 15) is 8.42 Å². The number of sulfonamides is 1. The summed E-state index contributed by atoms with van der Waals surface area (Å²) in [7, 11) is -1.62. The van der Waals surface area contributed by atoms with E-state index < -0.39 is 10.0 Å². The number of hydrogen-bond donors (Lipinski definition) is 2. The fourth-order valence-electron chi connectivity index (χ4n) is 3.20. The molecule has 0 bridgehead atoms. The molecular formula is C20H30IN5O2S2. The predicted octanol–water partition coefficient (Wildman–Crippen LogP) is 3.07. The number of rotatable bonds is 7. The van der Waals surface area contributed by atoms with Crippen LogP contribution in [0.1, 0.15) is 34.0 Å². The first-order valence-electron chi connectivity index (χ1n) is 9.86. The van der Waals surface area contributed by atoms with Crippen LogP contribution in [0, 0.1) is 13.8 Å². The van der Waals surface area contributed by atoms with Crippen LogP contribution < -0.4 is 10.6 Å². The zero-order valence-corrected chi connectivity index (χ0v) is 21.6. The molecule has 1 aromatic carbocycles. The normalized spacial score (nSPS) is 15.1. The lowest BCUT2D eigenvalue weighted by Crippen LogP contribution is -2.37. The second-order valence-corrected chi connectivity index (χ2v) is 10.3. The summed E-state index contributed by atoms with van der Waals surface area (Å²) >= 11 is 1.73. The molecule has 0 amide bonds. The highest BCUT2D eigenvalue weighted by Gasteiger charge is 2.26. The Kier molecular flexibility index (Phi) is 9.51. The molecule has 2 heterocycles. The zero-order valence-electron chi connectivity index (χ0n) is 17.6. The van der Waals surface area contributed by atoms with Gasteiger partial charge in [-0.15, -0.1) is 35.3 Å². The van der Waals surface area contributed by atoms with Crippen molar-refractivity contribution in [1.29, 1.82) is 0 Å². The smallest absolute Gasteiger partial charge is 0.243 e. The van der Waals surface area contributed by atoms with Crippen molar-refractivity contribution in [2.24, 2.45) is 4.99 Å². The zero-order chi connectivity index (χ0) is 20.9. The van der Waals surface area contributed by atoms with Crippen LogP contribution in [0.15, 0.2) is 34.2 Å². The fourth-order valence-corrected chi connectivity index (χ4v) is 5.65. The Labute approximate surface area is 200 Å². The van der Waals surface area contributed by atoms with Crippen LogP contribution in [0.3, 0.4) is 0 Å². The van der Waals surface area contributed by atoms with E-state index in [4.69, 9.17) is 0 Å². The maximum absolute atomic E-state index is 12.6. The molecule has 1 aliphatic heterocycles. The van der Waals surface area contributed by atoms with E-state index in [2.05, 4.69) is 27.5 Å². The summed E-state index contributed by atoms with van der Waals surface area (Å²) in [6.07, 6.45) is 2.73. The van der Waals surface area contributed by atoms with E-state index in [1.54, 1.807) is 34.8 Å². The van der Waals surface area contributed by atoms with E-state index in [0.29, 0.717) is 30.5 Å². The largest absolute Gasteiger partial charge is 0.356 e. The van der Waals surface area contributed by atoms with Crippen molar-refractivity contribution < 1.29 is 8.42 Å². The molecule has 1 aliphatic rings. The van der Waals surface area contributed by atoms with Gasteiger partial charge in [0.1, 0.15) is 0 Å². The monoisotopic (exact) mass is 563 g/mol. The minimum atomic E-state index is -3.36. The third-order valence-electron chi connectivity index (χ3n) is 5.01.